The van der Waals surface area contributed by atoms with Crippen LogP contribution in [0.15, 0.2) is 42.5 Å². The lowest BCUT2D eigenvalue weighted by molar-refractivity contribution is 0.0697. The fraction of sp³-hybridized carbons (Fsp3) is 0.318. The minimum Gasteiger partial charge on any atom is -0.486 e. The number of allylic oxidation sites excluding steroid dienone is 1. The maximum absolute atomic E-state index is 10.9. The maximum Gasteiger partial charge on any atom is 0.335 e. The predicted octanol–water partition coefficient (Wildman–Crippen LogP) is 5.77. The lowest BCUT2D eigenvalue weighted by atomic mass is 10.0. The summed E-state index contributed by atoms with van der Waals surface area (Å²) in [5.41, 5.74) is 3.36. The van der Waals surface area contributed by atoms with Crippen molar-refractivity contribution in [1.29, 1.82) is 0 Å². The van der Waals surface area contributed by atoms with Crippen molar-refractivity contribution in [3.63, 3.8) is 0 Å². The molecule has 140 valence electrons. The molecular weight excluding hydrogens is 328 g/mol. The molecule has 4 nitrogen and oxygen atoms in total. The molecule has 2 aromatic carbocycles. The van der Waals surface area contributed by atoms with Gasteiger partial charge >= 0.3 is 5.97 Å². The minimum absolute atomic E-state index is 0.286. The van der Waals surface area contributed by atoms with Crippen molar-refractivity contribution >= 4 is 17.6 Å². The average molecular weight is 356 g/mol. The van der Waals surface area contributed by atoms with Crippen LogP contribution in [-0.2, 0) is 0 Å². The zero-order valence-electron chi connectivity index (χ0n) is 16.2. The molecular formula is C22H28O4. The molecule has 1 heterocycles. The van der Waals surface area contributed by atoms with E-state index in [2.05, 4.69) is 0 Å². The summed E-state index contributed by atoms with van der Waals surface area (Å²) in [5, 5.41) is 8.91. The van der Waals surface area contributed by atoms with Gasteiger partial charge in [-0.1, -0.05) is 52.0 Å². The van der Waals surface area contributed by atoms with Crippen LogP contribution in [0.3, 0.4) is 0 Å². The molecule has 0 spiro atoms. The number of hydrogen-bond acceptors (Lipinski definition) is 3. The first-order valence-corrected chi connectivity index (χ1v) is 9.05. The molecule has 0 radical (unpaired) electrons. The summed E-state index contributed by atoms with van der Waals surface area (Å²) in [7, 11) is 0. The second-order valence-electron chi connectivity index (χ2n) is 5.11. The summed E-state index contributed by atoms with van der Waals surface area (Å²) in [6.45, 7) is 11.2. The normalized spacial score (nSPS) is 12.1. The average Bonchev–Trinajstić information content (AvgIpc) is 2.71. The SMILES string of the molecule is C/C(=C\c1ccc(C(=O)O)cc1)c1ccc2c(c1)OCCO2.CC.CC. The number of hydrogen-bond donors (Lipinski definition) is 1. The van der Waals surface area contributed by atoms with E-state index in [0.29, 0.717) is 13.2 Å². The second-order valence-corrected chi connectivity index (χ2v) is 5.11. The molecule has 0 aromatic heterocycles. The molecule has 0 amide bonds. The van der Waals surface area contributed by atoms with E-state index in [4.69, 9.17) is 14.6 Å². The highest BCUT2D eigenvalue weighted by atomic mass is 16.6. The highest BCUT2D eigenvalue weighted by Gasteiger charge is 2.12. The molecule has 2 aromatic rings. The van der Waals surface area contributed by atoms with Gasteiger partial charge in [-0.3, -0.25) is 0 Å². The van der Waals surface area contributed by atoms with E-state index >= 15 is 0 Å². The van der Waals surface area contributed by atoms with Crippen molar-refractivity contribution in [3.8, 4) is 11.5 Å². The van der Waals surface area contributed by atoms with Crippen LogP contribution in [0.1, 0.15) is 56.1 Å². The Morgan fingerprint density at radius 3 is 2.00 bits per heavy atom. The lowest BCUT2D eigenvalue weighted by Gasteiger charge is -2.19. The van der Waals surface area contributed by atoms with Crippen LogP contribution in [0, 0.1) is 0 Å². The van der Waals surface area contributed by atoms with Gasteiger partial charge in [-0.15, -0.1) is 0 Å². The lowest BCUT2D eigenvalue weighted by Crippen LogP contribution is -2.15. The van der Waals surface area contributed by atoms with E-state index in [1.165, 1.54) is 0 Å². The van der Waals surface area contributed by atoms with Crippen LogP contribution in [0.4, 0.5) is 0 Å². The number of benzene rings is 2. The Labute approximate surface area is 156 Å². The molecule has 0 atom stereocenters. The van der Waals surface area contributed by atoms with Crippen molar-refractivity contribution < 1.29 is 19.4 Å². The third-order valence-electron chi connectivity index (χ3n) is 3.54. The predicted molar refractivity (Wildman–Crippen MR) is 107 cm³/mol. The Kier molecular flexibility index (Phi) is 8.99. The van der Waals surface area contributed by atoms with Gasteiger partial charge in [0.1, 0.15) is 13.2 Å². The van der Waals surface area contributed by atoms with E-state index in [-0.39, 0.29) is 5.56 Å². The molecule has 0 saturated heterocycles. The first kappa shape index (κ1) is 21.3. The molecule has 0 aliphatic carbocycles. The quantitative estimate of drug-likeness (QED) is 0.709. The van der Waals surface area contributed by atoms with E-state index in [0.717, 1.165) is 28.2 Å². The highest BCUT2D eigenvalue weighted by molar-refractivity contribution is 5.88. The van der Waals surface area contributed by atoms with Gasteiger partial charge in [0.25, 0.3) is 0 Å². The Bertz CT molecular complexity index is 730. The molecule has 1 N–H and O–H groups in total. The van der Waals surface area contributed by atoms with Gasteiger partial charge in [0.15, 0.2) is 11.5 Å². The summed E-state index contributed by atoms with van der Waals surface area (Å²) in [6, 6.07) is 12.7. The fourth-order valence-corrected chi connectivity index (χ4v) is 2.34. The number of ether oxygens (including phenoxy) is 2. The van der Waals surface area contributed by atoms with Gasteiger partial charge in [0.05, 0.1) is 5.56 Å². The highest BCUT2D eigenvalue weighted by Crippen LogP contribution is 2.33. The van der Waals surface area contributed by atoms with Gasteiger partial charge in [-0.2, -0.15) is 0 Å². The third-order valence-corrected chi connectivity index (χ3v) is 3.54. The van der Waals surface area contributed by atoms with Gasteiger partial charge in [0.2, 0.25) is 0 Å². The Hall–Kier alpha value is -2.75. The first-order valence-electron chi connectivity index (χ1n) is 9.05. The number of rotatable bonds is 3. The third kappa shape index (κ3) is 5.66. The van der Waals surface area contributed by atoms with Crippen LogP contribution in [0.25, 0.3) is 11.6 Å². The van der Waals surface area contributed by atoms with Crippen molar-refractivity contribution in [2.24, 2.45) is 0 Å². The molecule has 1 aliphatic rings. The van der Waals surface area contributed by atoms with Crippen molar-refractivity contribution in [3.05, 3.63) is 59.2 Å². The number of carbonyl (C=O) groups is 1. The van der Waals surface area contributed by atoms with Crippen LogP contribution < -0.4 is 9.47 Å². The molecule has 3 rings (SSSR count). The van der Waals surface area contributed by atoms with Crippen LogP contribution in [-0.4, -0.2) is 24.3 Å². The van der Waals surface area contributed by atoms with Gasteiger partial charge < -0.3 is 14.6 Å². The first-order chi connectivity index (χ1) is 12.6. The fourth-order valence-electron chi connectivity index (χ4n) is 2.34. The molecule has 4 heteroatoms. The summed E-state index contributed by atoms with van der Waals surface area (Å²) >= 11 is 0. The molecule has 26 heavy (non-hydrogen) atoms. The van der Waals surface area contributed by atoms with E-state index in [1.807, 2.05) is 58.9 Å². The van der Waals surface area contributed by atoms with E-state index in [1.54, 1.807) is 24.3 Å². The standard InChI is InChI=1S/C18H16O4.2C2H6/c1-12(10-13-2-4-14(5-3-13)18(19)20)15-6-7-16-17(11-15)22-9-8-21-16;2*1-2/h2-7,10-11H,8-9H2,1H3,(H,19,20);2*1-2H3/b12-10+;;. The Morgan fingerprint density at radius 1 is 0.885 bits per heavy atom. The smallest absolute Gasteiger partial charge is 0.335 e. The Morgan fingerprint density at radius 2 is 1.42 bits per heavy atom. The molecule has 0 saturated carbocycles. The number of aromatic carboxylic acids is 1. The maximum atomic E-state index is 10.9. The van der Waals surface area contributed by atoms with Gasteiger partial charge in [-0.25, -0.2) is 4.79 Å². The van der Waals surface area contributed by atoms with E-state index in [9.17, 15) is 4.79 Å². The summed E-state index contributed by atoms with van der Waals surface area (Å²) < 4.78 is 11.1. The number of carboxylic acids is 1. The van der Waals surface area contributed by atoms with Gasteiger partial charge in [-0.05, 0) is 47.9 Å². The molecule has 0 fully saturated rings. The Balaban J connectivity index is 0.000000791. The summed E-state index contributed by atoms with van der Waals surface area (Å²) in [6.07, 6.45) is 2.01. The molecule has 1 aliphatic heterocycles. The van der Waals surface area contributed by atoms with E-state index < -0.39 is 5.97 Å². The van der Waals surface area contributed by atoms with Crippen LogP contribution in [0.2, 0.25) is 0 Å². The largest absolute Gasteiger partial charge is 0.486 e. The monoisotopic (exact) mass is 356 g/mol. The van der Waals surface area contributed by atoms with Gasteiger partial charge in [0, 0.05) is 0 Å². The van der Waals surface area contributed by atoms with Crippen LogP contribution >= 0.6 is 0 Å². The van der Waals surface area contributed by atoms with Crippen molar-refractivity contribution in [1.82, 2.24) is 0 Å². The number of fused-ring (bicyclic) bond motifs is 1. The van der Waals surface area contributed by atoms with Crippen LogP contribution in [0.5, 0.6) is 11.5 Å². The van der Waals surface area contributed by atoms with Crippen molar-refractivity contribution in [2.45, 2.75) is 34.6 Å². The zero-order chi connectivity index (χ0) is 19.5. The molecule has 0 bridgehead atoms. The molecule has 0 unspecified atom stereocenters. The number of carboxylic acid groups (broad SMARTS) is 1. The second kappa shape index (κ2) is 11.0. The zero-order valence-corrected chi connectivity index (χ0v) is 16.2. The minimum atomic E-state index is -0.918. The summed E-state index contributed by atoms with van der Waals surface area (Å²) in [5.74, 6) is 0.616. The van der Waals surface area contributed by atoms with Crippen molar-refractivity contribution in [2.75, 3.05) is 13.2 Å². The summed E-state index contributed by atoms with van der Waals surface area (Å²) in [4.78, 5) is 10.9. The topological polar surface area (TPSA) is 55.8 Å².